The summed E-state index contributed by atoms with van der Waals surface area (Å²) in [5.41, 5.74) is 3.07. The smallest absolute Gasteiger partial charge is 0.0819 e. The fourth-order valence-corrected chi connectivity index (χ4v) is 2.84. The molecular weight excluding hydrogens is 326 g/mol. The molecule has 5 heteroatoms. The van der Waals surface area contributed by atoms with Gasteiger partial charge in [-0.25, -0.2) is 4.68 Å². The average molecular weight is 343 g/mol. The molecule has 1 heterocycles. The Kier molecular flexibility index (Phi) is 4.66. The summed E-state index contributed by atoms with van der Waals surface area (Å²) < 4.78 is 2.87. The van der Waals surface area contributed by atoms with Crippen molar-refractivity contribution >= 4 is 27.5 Å². The Balaban J connectivity index is 2.33. The summed E-state index contributed by atoms with van der Waals surface area (Å²) in [6.45, 7) is 7.10. The first-order valence-corrected chi connectivity index (χ1v) is 7.45. The minimum atomic E-state index is 0.316. The summed E-state index contributed by atoms with van der Waals surface area (Å²) in [6.07, 6.45) is 1.83. The molecule has 3 nitrogen and oxygen atoms in total. The molecule has 2 rings (SSSR count). The molecule has 0 saturated carbocycles. The highest BCUT2D eigenvalue weighted by atomic mass is 79.9. The molecule has 1 N–H and O–H groups in total. The van der Waals surface area contributed by atoms with E-state index in [1.807, 2.05) is 13.1 Å². The predicted molar refractivity (Wildman–Crippen MR) is 83.1 cm³/mol. The van der Waals surface area contributed by atoms with Crippen molar-refractivity contribution in [1.29, 1.82) is 0 Å². The highest BCUT2D eigenvalue weighted by Crippen LogP contribution is 2.26. The fourth-order valence-electron chi connectivity index (χ4n) is 2.00. The van der Waals surface area contributed by atoms with E-state index in [4.69, 9.17) is 11.6 Å². The van der Waals surface area contributed by atoms with Crippen molar-refractivity contribution in [2.24, 2.45) is 0 Å². The van der Waals surface area contributed by atoms with E-state index in [0.29, 0.717) is 11.1 Å². The fraction of sp³-hybridized carbons (Fsp3) is 0.357. The zero-order valence-corrected chi connectivity index (χ0v) is 13.6. The van der Waals surface area contributed by atoms with Crippen molar-refractivity contribution in [2.75, 3.05) is 6.54 Å². The number of aromatic nitrogens is 2. The first kappa shape index (κ1) is 14.6. The van der Waals surface area contributed by atoms with E-state index < -0.39 is 0 Å². The molecule has 0 fully saturated rings. The van der Waals surface area contributed by atoms with Gasteiger partial charge in [0.1, 0.15) is 0 Å². The third kappa shape index (κ3) is 3.19. The summed E-state index contributed by atoms with van der Waals surface area (Å²) >= 11 is 9.66. The molecular formula is C14H17BrClN3. The van der Waals surface area contributed by atoms with E-state index in [0.717, 1.165) is 22.4 Å². The summed E-state index contributed by atoms with van der Waals surface area (Å²) in [6, 6.07) is 6.54. The normalized spacial score (nSPS) is 12.7. The second kappa shape index (κ2) is 6.07. The van der Waals surface area contributed by atoms with Gasteiger partial charge >= 0.3 is 0 Å². The average Bonchev–Trinajstić information content (AvgIpc) is 2.69. The molecule has 0 bridgehead atoms. The third-order valence-corrected chi connectivity index (χ3v) is 4.12. The molecule has 1 aromatic carbocycles. The third-order valence-electron chi connectivity index (χ3n) is 3.06. The van der Waals surface area contributed by atoms with Gasteiger partial charge in [0.2, 0.25) is 0 Å². The van der Waals surface area contributed by atoms with Gasteiger partial charge in [-0.05, 0) is 38.1 Å². The van der Waals surface area contributed by atoms with E-state index in [1.165, 1.54) is 5.56 Å². The van der Waals surface area contributed by atoms with Crippen LogP contribution in [0.15, 0.2) is 28.9 Å². The van der Waals surface area contributed by atoms with Crippen LogP contribution in [0.25, 0.3) is 5.69 Å². The molecule has 102 valence electrons. The standard InChI is InChI=1S/C14H17BrClN3/c1-4-17-9(2)12-6-5-11(7-13(12)15)19-8-14(16)10(3)18-19/h5-9,17H,4H2,1-3H3. The van der Waals surface area contributed by atoms with Gasteiger partial charge in [-0.15, -0.1) is 0 Å². The van der Waals surface area contributed by atoms with E-state index in [9.17, 15) is 0 Å². The lowest BCUT2D eigenvalue weighted by atomic mass is 10.1. The van der Waals surface area contributed by atoms with Gasteiger partial charge in [0.15, 0.2) is 0 Å². The zero-order valence-electron chi connectivity index (χ0n) is 11.2. The van der Waals surface area contributed by atoms with E-state index in [1.54, 1.807) is 4.68 Å². The lowest BCUT2D eigenvalue weighted by Gasteiger charge is -2.15. The molecule has 0 spiro atoms. The predicted octanol–water partition coefficient (Wildman–Crippen LogP) is 4.27. The van der Waals surface area contributed by atoms with Crippen LogP contribution in [0.3, 0.4) is 0 Å². The molecule has 0 aliphatic heterocycles. The summed E-state index contributed by atoms with van der Waals surface area (Å²) in [5, 5.41) is 8.46. The summed E-state index contributed by atoms with van der Waals surface area (Å²) in [4.78, 5) is 0. The number of nitrogens with one attached hydrogen (secondary N) is 1. The van der Waals surface area contributed by atoms with Gasteiger partial charge in [0.25, 0.3) is 0 Å². The number of halogens is 2. The van der Waals surface area contributed by atoms with Crippen molar-refractivity contribution in [2.45, 2.75) is 26.8 Å². The van der Waals surface area contributed by atoms with Gasteiger partial charge in [-0.2, -0.15) is 5.10 Å². The van der Waals surface area contributed by atoms with Crippen LogP contribution in [0.1, 0.15) is 31.1 Å². The molecule has 2 aromatic rings. The van der Waals surface area contributed by atoms with Crippen molar-refractivity contribution in [3.8, 4) is 5.69 Å². The minimum absolute atomic E-state index is 0.316. The molecule has 1 aromatic heterocycles. The second-order valence-corrected chi connectivity index (χ2v) is 5.75. The molecule has 0 aliphatic carbocycles. The lowest BCUT2D eigenvalue weighted by Crippen LogP contribution is -2.18. The van der Waals surface area contributed by atoms with E-state index in [2.05, 4.69) is 58.4 Å². The Labute approximate surface area is 127 Å². The Hall–Kier alpha value is -0.840. The minimum Gasteiger partial charge on any atom is -0.310 e. The van der Waals surface area contributed by atoms with Gasteiger partial charge in [-0.1, -0.05) is 40.5 Å². The van der Waals surface area contributed by atoms with Crippen molar-refractivity contribution in [3.63, 3.8) is 0 Å². The molecule has 1 atom stereocenters. The Morgan fingerprint density at radius 2 is 2.21 bits per heavy atom. The van der Waals surface area contributed by atoms with Gasteiger partial charge in [0.05, 0.1) is 16.4 Å². The molecule has 0 saturated heterocycles. The van der Waals surface area contributed by atoms with Crippen LogP contribution in [-0.2, 0) is 0 Å². The van der Waals surface area contributed by atoms with Crippen LogP contribution >= 0.6 is 27.5 Å². The topological polar surface area (TPSA) is 29.9 Å². The maximum Gasteiger partial charge on any atom is 0.0819 e. The SMILES string of the molecule is CCNC(C)c1ccc(-n2cc(Cl)c(C)n2)cc1Br. The summed E-state index contributed by atoms with van der Waals surface area (Å²) in [5.74, 6) is 0. The Bertz CT molecular complexity index is 561. The first-order valence-electron chi connectivity index (χ1n) is 6.28. The number of benzene rings is 1. The molecule has 1 unspecified atom stereocenters. The van der Waals surface area contributed by atoms with Crippen molar-refractivity contribution < 1.29 is 0 Å². The monoisotopic (exact) mass is 341 g/mol. The first-order chi connectivity index (χ1) is 9.02. The Morgan fingerprint density at radius 3 is 2.74 bits per heavy atom. The lowest BCUT2D eigenvalue weighted by molar-refractivity contribution is 0.596. The summed E-state index contributed by atoms with van der Waals surface area (Å²) in [7, 11) is 0. The maximum absolute atomic E-state index is 6.04. The van der Waals surface area contributed by atoms with Crippen LogP contribution in [0, 0.1) is 6.92 Å². The molecule has 0 radical (unpaired) electrons. The Morgan fingerprint density at radius 1 is 1.47 bits per heavy atom. The van der Waals surface area contributed by atoms with E-state index >= 15 is 0 Å². The van der Waals surface area contributed by atoms with Crippen molar-refractivity contribution in [3.05, 3.63) is 45.1 Å². The maximum atomic E-state index is 6.04. The van der Waals surface area contributed by atoms with Crippen molar-refractivity contribution in [1.82, 2.24) is 15.1 Å². The number of aryl methyl sites for hydroxylation is 1. The molecule has 0 amide bonds. The number of hydrogen-bond donors (Lipinski definition) is 1. The van der Waals surface area contributed by atoms with Crippen LogP contribution in [0.4, 0.5) is 0 Å². The van der Waals surface area contributed by atoms with E-state index in [-0.39, 0.29) is 0 Å². The highest BCUT2D eigenvalue weighted by molar-refractivity contribution is 9.10. The number of hydrogen-bond acceptors (Lipinski definition) is 2. The van der Waals surface area contributed by atoms with Gasteiger partial charge < -0.3 is 5.32 Å². The largest absolute Gasteiger partial charge is 0.310 e. The van der Waals surface area contributed by atoms with Gasteiger partial charge in [0, 0.05) is 16.7 Å². The molecule has 19 heavy (non-hydrogen) atoms. The second-order valence-electron chi connectivity index (χ2n) is 4.49. The number of rotatable bonds is 4. The molecule has 0 aliphatic rings. The van der Waals surface area contributed by atoms with Gasteiger partial charge in [-0.3, -0.25) is 0 Å². The van der Waals surface area contributed by atoms with Crippen LogP contribution in [0.5, 0.6) is 0 Å². The van der Waals surface area contributed by atoms with Crippen LogP contribution in [0.2, 0.25) is 5.02 Å². The highest BCUT2D eigenvalue weighted by Gasteiger charge is 2.10. The van der Waals surface area contributed by atoms with Crippen LogP contribution in [-0.4, -0.2) is 16.3 Å². The zero-order chi connectivity index (χ0) is 14.0. The quantitative estimate of drug-likeness (QED) is 0.899. The number of nitrogens with zero attached hydrogens (tertiary/aromatic N) is 2. The van der Waals surface area contributed by atoms with Crippen LogP contribution < -0.4 is 5.32 Å².